The third-order valence-corrected chi connectivity index (χ3v) is 5.90. The standard InChI is InChI=1S/C23H27N5O2/c1-2-18(16-24-7-1)27-17-3-5-20(6-4-17)30-22-15-19(28-10-12-29-13-11-28)14-21-23(22)26-9-8-25-21/h1-2,7-9,14-17,20,27H,3-6,10-13H2/t17-,20+. The number of hydrogen-bond donors (Lipinski definition) is 1. The lowest BCUT2D eigenvalue weighted by Gasteiger charge is -2.31. The van der Waals surface area contributed by atoms with Gasteiger partial charge in [-0.2, -0.15) is 0 Å². The highest BCUT2D eigenvalue weighted by atomic mass is 16.5. The molecule has 1 aliphatic carbocycles. The zero-order valence-corrected chi connectivity index (χ0v) is 17.0. The van der Waals surface area contributed by atoms with Crippen molar-refractivity contribution in [1.29, 1.82) is 0 Å². The van der Waals surface area contributed by atoms with E-state index in [9.17, 15) is 0 Å². The second kappa shape index (κ2) is 8.83. The minimum atomic E-state index is 0.196. The van der Waals surface area contributed by atoms with Gasteiger partial charge in [0, 0.05) is 55.7 Å². The predicted molar refractivity (Wildman–Crippen MR) is 117 cm³/mol. The SMILES string of the molecule is c1cncc(N[C@H]2CC[C@@H](Oc3cc(N4CCOCC4)cc4nccnc34)CC2)c1. The third-order valence-electron chi connectivity index (χ3n) is 5.90. The molecule has 7 heteroatoms. The van der Waals surface area contributed by atoms with Crippen LogP contribution in [0.15, 0.2) is 49.1 Å². The first-order chi connectivity index (χ1) is 14.8. The molecule has 0 bridgehead atoms. The van der Waals surface area contributed by atoms with Crippen LogP contribution in [0.25, 0.3) is 11.0 Å². The van der Waals surface area contributed by atoms with Crippen molar-refractivity contribution in [1.82, 2.24) is 15.0 Å². The van der Waals surface area contributed by atoms with Gasteiger partial charge in [-0.1, -0.05) is 0 Å². The van der Waals surface area contributed by atoms with Crippen LogP contribution in [-0.4, -0.2) is 53.4 Å². The Balaban J connectivity index is 1.29. The number of benzene rings is 1. The van der Waals surface area contributed by atoms with Crippen LogP contribution < -0.4 is 15.0 Å². The first kappa shape index (κ1) is 19.1. The number of morpholine rings is 1. The Labute approximate surface area is 176 Å². The lowest BCUT2D eigenvalue weighted by Crippen LogP contribution is -2.36. The molecule has 0 radical (unpaired) electrons. The van der Waals surface area contributed by atoms with Crippen molar-refractivity contribution in [3.05, 3.63) is 49.1 Å². The van der Waals surface area contributed by atoms with E-state index in [1.54, 1.807) is 18.6 Å². The Kier molecular flexibility index (Phi) is 5.61. The van der Waals surface area contributed by atoms with Gasteiger partial charge in [0.05, 0.1) is 30.5 Å². The fourth-order valence-corrected chi connectivity index (χ4v) is 4.31. The molecule has 5 rings (SSSR count). The summed E-state index contributed by atoms with van der Waals surface area (Å²) >= 11 is 0. The van der Waals surface area contributed by atoms with E-state index >= 15 is 0 Å². The van der Waals surface area contributed by atoms with Gasteiger partial charge in [-0.15, -0.1) is 0 Å². The molecular weight excluding hydrogens is 378 g/mol. The van der Waals surface area contributed by atoms with Crippen LogP contribution >= 0.6 is 0 Å². The van der Waals surface area contributed by atoms with Crippen molar-refractivity contribution in [3.8, 4) is 5.75 Å². The Morgan fingerprint density at radius 1 is 1.00 bits per heavy atom. The molecular formula is C23H27N5O2. The number of pyridine rings is 1. The van der Waals surface area contributed by atoms with Gasteiger partial charge in [-0.05, 0) is 43.9 Å². The Morgan fingerprint density at radius 2 is 1.83 bits per heavy atom. The second-order valence-corrected chi connectivity index (χ2v) is 7.94. The normalized spacial score (nSPS) is 22.1. The van der Waals surface area contributed by atoms with E-state index in [2.05, 4.69) is 43.4 Å². The highest BCUT2D eigenvalue weighted by Crippen LogP contribution is 2.33. The van der Waals surface area contributed by atoms with E-state index in [-0.39, 0.29) is 6.10 Å². The number of rotatable bonds is 5. The smallest absolute Gasteiger partial charge is 0.149 e. The van der Waals surface area contributed by atoms with E-state index in [0.29, 0.717) is 6.04 Å². The molecule has 2 fully saturated rings. The highest BCUT2D eigenvalue weighted by Gasteiger charge is 2.24. The molecule has 1 N–H and O–H groups in total. The van der Waals surface area contributed by atoms with E-state index in [1.807, 2.05) is 12.3 Å². The zero-order chi connectivity index (χ0) is 20.2. The van der Waals surface area contributed by atoms with E-state index < -0.39 is 0 Å². The molecule has 30 heavy (non-hydrogen) atoms. The number of hydrogen-bond acceptors (Lipinski definition) is 7. The first-order valence-electron chi connectivity index (χ1n) is 10.8. The Hall–Kier alpha value is -2.93. The number of ether oxygens (including phenoxy) is 2. The molecule has 0 amide bonds. The summed E-state index contributed by atoms with van der Waals surface area (Å²) in [5, 5.41) is 3.59. The Bertz CT molecular complexity index is 970. The number of aromatic nitrogens is 3. The maximum absolute atomic E-state index is 6.50. The van der Waals surface area contributed by atoms with Crippen LogP contribution in [0.1, 0.15) is 25.7 Å². The summed E-state index contributed by atoms with van der Waals surface area (Å²) in [5.41, 5.74) is 3.93. The van der Waals surface area contributed by atoms with Crippen molar-refractivity contribution >= 4 is 22.4 Å². The summed E-state index contributed by atoms with van der Waals surface area (Å²) < 4.78 is 12.0. The largest absolute Gasteiger partial charge is 0.488 e. The average molecular weight is 406 g/mol. The van der Waals surface area contributed by atoms with Gasteiger partial charge >= 0.3 is 0 Å². The molecule has 1 aromatic carbocycles. The van der Waals surface area contributed by atoms with Crippen LogP contribution in [0, 0.1) is 0 Å². The van der Waals surface area contributed by atoms with Gasteiger partial charge in [0.1, 0.15) is 11.3 Å². The van der Waals surface area contributed by atoms with E-state index in [0.717, 1.165) is 80.1 Å². The van der Waals surface area contributed by atoms with Gasteiger partial charge in [0.25, 0.3) is 0 Å². The molecule has 0 unspecified atom stereocenters. The zero-order valence-electron chi connectivity index (χ0n) is 17.0. The van der Waals surface area contributed by atoms with Gasteiger partial charge in [-0.25, -0.2) is 4.98 Å². The van der Waals surface area contributed by atoms with E-state index in [1.165, 1.54) is 0 Å². The molecule has 1 aliphatic heterocycles. The van der Waals surface area contributed by atoms with Gasteiger partial charge in [0.2, 0.25) is 0 Å². The topological polar surface area (TPSA) is 72.4 Å². The fraction of sp³-hybridized carbons (Fsp3) is 0.435. The Morgan fingerprint density at radius 3 is 2.63 bits per heavy atom. The second-order valence-electron chi connectivity index (χ2n) is 7.94. The van der Waals surface area contributed by atoms with Crippen LogP contribution in [0.4, 0.5) is 11.4 Å². The van der Waals surface area contributed by atoms with Gasteiger partial charge in [0.15, 0.2) is 0 Å². The van der Waals surface area contributed by atoms with Crippen molar-refractivity contribution in [3.63, 3.8) is 0 Å². The van der Waals surface area contributed by atoms with Crippen molar-refractivity contribution < 1.29 is 9.47 Å². The molecule has 2 aromatic heterocycles. The van der Waals surface area contributed by atoms with Gasteiger partial charge in [-0.3, -0.25) is 9.97 Å². The molecule has 156 valence electrons. The van der Waals surface area contributed by atoms with Crippen LogP contribution in [0.5, 0.6) is 5.75 Å². The molecule has 1 saturated carbocycles. The molecule has 0 spiro atoms. The van der Waals surface area contributed by atoms with Crippen molar-refractivity contribution in [2.75, 3.05) is 36.5 Å². The van der Waals surface area contributed by atoms with Crippen LogP contribution in [-0.2, 0) is 4.74 Å². The molecule has 3 heterocycles. The predicted octanol–water partition coefficient (Wildman–Crippen LogP) is 3.66. The third kappa shape index (κ3) is 4.31. The number of nitrogens with one attached hydrogen (secondary N) is 1. The van der Waals surface area contributed by atoms with E-state index in [4.69, 9.17) is 9.47 Å². The number of fused-ring (bicyclic) bond motifs is 1. The quantitative estimate of drug-likeness (QED) is 0.694. The maximum atomic E-state index is 6.50. The minimum absolute atomic E-state index is 0.196. The van der Waals surface area contributed by atoms with Gasteiger partial charge < -0.3 is 19.7 Å². The molecule has 0 atom stereocenters. The summed E-state index contributed by atoms with van der Waals surface area (Å²) in [6.07, 6.45) is 11.5. The molecule has 1 saturated heterocycles. The molecule has 2 aliphatic rings. The molecule has 7 nitrogen and oxygen atoms in total. The van der Waals surface area contributed by atoms with Crippen LogP contribution in [0.3, 0.4) is 0 Å². The summed E-state index contributed by atoms with van der Waals surface area (Å²) in [6, 6.07) is 8.73. The fourth-order valence-electron chi connectivity index (χ4n) is 4.31. The minimum Gasteiger partial charge on any atom is -0.488 e. The highest BCUT2D eigenvalue weighted by molar-refractivity contribution is 5.85. The lowest BCUT2D eigenvalue weighted by atomic mass is 9.92. The summed E-state index contributed by atoms with van der Waals surface area (Å²) in [6.45, 7) is 3.28. The van der Waals surface area contributed by atoms with Crippen molar-refractivity contribution in [2.24, 2.45) is 0 Å². The molecule has 3 aromatic rings. The lowest BCUT2D eigenvalue weighted by molar-refractivity contribution is 0.122. The number of anilines is 2. The van der Waals surface area contributed by atoms with Crippen molar-refractivity contribution in [2.45, 2.75) is 37.8 Å². The monoisotopic (exact) mass is 405 g/mol. The summed E-state index contributed by atoms with van der Waals surface area (Å²) in [5.74, 6) is 0.839. The first-order valence-corrected chi connectivity index (χ1v) is 10.8. The summed E-state index contributed by atoms with van der Waals surface area (Å²) in [4.78, 5) is 15.6. The average Bonchev–Trinajstić information content (AvgIpc) is 2.81. The van der Waals surface area contributed by atoms with Crippen LogP contribution in [0.2, 0.25) is 0 Å². The summed E-state index contributed by atoms with van der Waals surface area (Å²) in [7, 11) is 0. The number of nitrogens with zero attached hydrogens (tertiary/aromatic N) is 4. The maximum Gasteiger partial charge on any atom is 0.149 e.